The third kappa shape index (κ3) is 4.60. The number of rotatable bonds is 4. The first kappa shape index (κ1) is 12.2. The molecule has 1 rings (SSSR count). The van der Waals surface area contributed by atoms with E-state index in [1.165, 1.54) is 6.08 Å². The predicted octanol–water partition coefficient (Wildman–Crippen LogP) is 3.21. The first-order valence-corrected chi connectivity index (χ1v) is 5.30. The number of allylic oxidation sites excluding steroid dienone is 2. The van der Waals surface area contributed by atoms with Crippen molar-refractivity contribution in [3.05, 3.63) is 53.6 Å². The van der Waals surface area contributed by atoms with E-state index in [0.29, 0.717) is 6.61 Å². The van der Waals surface area contributed by atoms with Gasteiger partial charge in [-0.05, 0) is 25.0 Å². The van der Waals surface area contributed by atoms with Crippen molar-refractivity contribution in [2.75, 3.05) is 6.61 Å². The van der Waals surface area contributed by atoms with Crippen molar-refractivity contribution in [2.24, 2.45) is 0 Å². The smallest absolute Gasteiger partial charge is 0.330 e. The molecule has 84 valence electrons. The van der Waals surface area contributed by atoms with E-state index < -0.39 is 0 Å². The number of benzene rings is 1. The molecule has 0 saturated carbocycles. The van der Waals surface area contributed by atoms with E-state index in [2.05, 4.69) is 0 Å². The molecule has 2 nitrogen and oxygen atoms in total. The number of hydrogen-bond acceptors (Lipinski definition) is 2. The van der Waals surface area contributed by atoms with Crippen molar-refractivity contribution >= 4 is 12.0 Å². The van der Waals surface area contributed by atoms with Crippen molar-refractivity contribution in [3.8, 4) is 0 Å². The van der Waals surface area contributed by atoms with Gasteiger partial charge in [-0.15, -0.1) is 0 Å². The van der Waals surface area contributed by atoms with Crippen LogP contribution in [0.2, 0.25) is 0 Å². The number of hydrogen-bond donors (Lipinski definition) is 0. The quantitative estimate of drug-likeness (QED) is 0.439. The lowest BCUT2D eigenvalue weighted by molar-refractivity contribution is -0.137. The van der Waals surface area contributed by atoms with Crippen LogP contribution >= 0.6 is 0 Å². The Morgan fingerprint density at radius 3 is 2.62 bits per heavy atom. The fourth-order valence-electron chi connectivity index (χ4n) is 1.21. The zero-order chi connectivity index (χ0) is 11.8. The van der Waals surface area contributed by atoms with Gasteiger partial charge in [0.1, 0.15) is 0 Å². The van der Waals surface area contributed by atoms with Gasteiger partial charge < -0.3 is 4.74 Å². The lowest BCUT2D eigenvalue weighted by atomic mass is 10.1. The number of ether oxygens (including phenoxy) is 1. The summed E-state index contributed by atoms with van der Waals surface area (Å²) in [6.45, 7) is 4.07. The van der Waals surface area contributed by atoms with E-state index in [4.69, 9.17) is 4.74 Å². The molecular formula is C14H16O2. The maximum absolute atomic E-state index is 11.1. The van der Waals surface area contributed by atoms with Gasteiger partial charge in [-0.25, -0.2) is 4.79 Å². The third-order valence-corrected chi connectivity index (χ3v) is 1.97. The Bertz CT molecular complexity index is 388. The molecule has 16 heavy (non-hydrogen) atoms. The van der Waals surface area contributed by atoms with Gasteiger partial charge in [0, 0.05) is 6.08 Å². The molecule has 0 N–H and O–H groups in total. The molecule has 0 unspecified atom stereocenters. The van der Waals surface area contributed by atoms with Crippen LogP contribution in [-0.2, 0) is 9.53 Å². The van der Waals surface area contributed by atoms with E-state index in [9.17, 15) is 4.79 Å². The summed E-state index contributed by atoms with van der Waals surface area (Å²) < 4.78 is 4.82. The van der Waals surface area contributed by atoms with Gasteiger partial charge in [-0.1, -0.05) is 42.5 Å². The van der Waals surface area contributed by atoms with Crippen molar-refractivity contribution in [1.29, 1.82) is 0 Å². The van der Waals surface area contributed by atoms with E-state index in [1.54, 1.807) is 6.92 Å². The maximum atomic E-state index is 11.1. The maximum Gasteiger partial charge on any atom is 0.330 e. The van der Waals surface area contributed by atoms with Crippen LogP contribution in [-0.4, -0.2) is 12.6 Å². The van der Waals surface area contributed by atoms with Gasteiger partial charge in [0.25, 0.3) is 0 Å². The van der Waals surface area contributed by atoms with Gasteiger partial charge in [0.2, 0.25) is 0 Å². The van der Waals surface area contributed by atoms with Crippen LogP contribution in [0.25, 0.3) is 6.08 Å². The molecule has 0 aliphatic rings. The second kappa shape index (κ2) is 6.62. The lowest BCUT2D eigenvalue weighted by Crippen LogP contribution is -1.99. The van der Waals surface area contributed by atoms with Gasteiger partial charge in [-0.3, -0.25) is 0 Å². The highest BCUT2D eigenvalue weighted by molar-refractivity contribution is 5.83. The Morgan fingerprint density at radius 2 is 2.00 bits per heavy atom. The van der Waals surface area contributed by atoms with Crippen LogP contribution < -0.4 is 0 Å². The Balaban J connectivity index is 2.60. The highest BCUT2D eigenvalue weighted by atomic mass is 16.5. The molecule has 0 amide bonds. The lowest BCUT2D eigenvalue weighted by Gasteiger charge is -1.96. The molecule has 0 fully saturated rings. The first-order chi connectivity index (χ1) is 7.72. The second-order valence-corrected chi connectivity index (χ2v) is 3.38. The Hall–Kier alpha value is -1.83. The summed E-state index contributed by atoms with van der Waals surface area (Å²) in [4.78, 5) is 11.1. The van der Waals surface area contributed by atoms with E-state index in [-0.39, 0.29) is 5.97 Å². The second-order valence-electron chi connectivity index (χ2n) is 3.38. The van der Waals surface area contributed by atoms with Crippen molar-refractivity contribution in [1.82, 2.24) is 0 Å². The summed E-state index contributed by atoms with van der Waals surface area (Å²) in [6.07, 6.45) is 5.35. The highest BCUT2D eigenvalue weighted by Gasteiger charge is 1.94. The molecular weight excluding hydrogens is 200 g/mol. The monoisotopic (exact) mass is 216 g/mol. The Labute approximate surface area is 96.2 Å². The fraction of sp³-hybridized carbons (Fsp3) is 0.214. The summed E-state index contributed by atoms with van der Waals surface area (Å²) in [6, 6.07) is 9.94. The van der Waals surface area contributed by atoms with Crippen molar-refractivity contribution < 1.29 is 9.53 Å². The average molecular weight is 216 g/mol. The predicted molar refractivity (Wildman–Crippen MR) is 65.9 cm³/mol. The van der Waals surface area contributed by atoms with E-state index in [1.807, 2.05) is 49.4 Å². The minimum absolute atomic E-state index is 0.294. The molecule has 0 atom stereocenters. The van der Waals surface area contributed by atoms with Gasteiger partial charge >= 0.3 is 5.97 Å². The molecule has 0 spiro atoms. The summed E-state index contributed by atoms with van der Waals surface area (Å²) in [5.74, 6) is -0.294. The molecule has 0 bridgehead atoms. The van der Waals surface area contributed by atoms with Crippen LogP contribution in [0.5, 0.6) is 0 Å². The third-order valence-electron chi connectivity index (χ3n) is 1.97. The first-order valence-electron chi connectivity index (χ1n) is 5.30. The molecule has 1 aromatic rings. The van der Waals surface area contributed by atoms with Crippen LogP contribution in [0.1, 0.15) is 19.4 Å². The van der Waals surface area contributed by atoms with Crippen LogP contribution in [0.3, 0.4) is 0 Å². The average Bonchev–Trinajstić information content (AvgIpc) is 2.28. The number of carbonyl (C=O) groups excluding carboxylic acids is 1. The van der Waals surface area contributed by atoms with Gasteiger partial charge in [0.15, 0.2) is 0 Å². The van der Waals surface area contributed by atoms with Gasteiger partial charge in [0.05, 0.1) is 6.61 Å². The Morgan fingerprint density at radius 1 is 1.31 bits per heavy atom. The molecule has 1 aromatic carbocycles. The largest absolute Gasteiger partial charge is 0.463 e. The topological polar surface area (TPSA) is 26.3 Å². The SMILES string of the molecule is CCOC(=O)/C=C(C)\C=C\c1ccccc1. The normalized spacial score (nSPS) is 11.8. The highest BCUT2D eigenvalue weighted by Crippen LogP contribution is 2.04. The van der Waals surface area contributed by atoms with E-state index >= 15 is 0 Å². The number of esters is 1. The summed E-state index contributed by atoms with van der Waals surface area (Å²) in [5, 5.41) is 0. The van der Waals surface area contributed by atoms with Crippen LogP contribution in [0.15, 0.2) is 48.1 Å². The molecule has 0 aliphatic carbocycles. The van der Waals surface area contributed by atoms with Crippen molar-refractivity contribution in [3.63, 3.8) is 0 Å². The molecule has 2 heteroatoms. The summed E-state index contributed by atoms with van der Waals surface area (Å²) >= 11 is 0. The fourth-order valence-corrected chi connectivity index (χ4v) is 1.21. The molecule has 0 radical (unpaired) electrons. The van der Waals surface area contributed by atoms with Crippen molar-refractivity contribution in [2.45, 2.75) is 13.8 Å². The van der Waals surface area contributed by atoms with Crippen LogP contribution in [0, 0.1) is 0 Å². The zero-order valence-electron chi connectivity index (χ0n) is 9.64. The molecule has 0 aromatic heterocycles. The minimum atomic E-state index is -0.294. The summed E-state index contributed by atoms with van der Waals surface area (Å²) in [7, 11) is 0. The minimum Gasteiger partial charge on any atom is -0.463 e. The van der Waals surface area contributed by atoms with Crippen LogP contribution in [0.4, 0.5) is 0 Å². The summed E-state index contributed by atoms with van der Waals surface area (Å²) in [5.41, 5.74) is 1.99. The molecule has 0 saturated heterocycles. The molecule has 0 heterocycles. The molecule has 0 aliphatic heterocycles. The van der Waals surface area contributed by atoms with Gasteiger partial charge in [-0.2, -0.15) is 0 Å². The standard InChI is InChI=1S/C14H16O2/c1-3-16-14(15)11-12(2)9-10-13-7-5-4-6-8-13/h4-11H,3H2,1-2H3/b10-9+,12-11-. The Kier molecular flexibility index (Phi) is 5.06. The zero-order valence-corrected chi connectivity index (χ0v) is 9.64. The van der Waals surface area contributed by atoms with E-state index in [0.717, 1.165) is 11.1 Å². The number of carbonyl (C=O) groups is 1.